The fourth-order valence-corrected chi connectivity index (χ4v) is 4.93. The first-order valence-electron chi connectivity index (χ1n) is 6.73. The molecule has 0 radical (unpaired) electrons. The van der Waals surface area contributed by atoms with Gasteiger partial charge in [-0.3, -0.25) is 4.79 Å². The van der Waals surface area contributed by atoms with Crippen LogP contribution in [-0.2, 0) is 14.6 Å². The first-order chi connectivity index (χ1) is 9.37. The van der Waals surface area contributed by atoms with Gasteiger partial charge in [-0.25, -0.2) is 8.42 Å². The zero-order valence-electron chi connectivity index (χ0n) is 11.5. The van der Waals surface area contributed by atoms with Crippen LogP contribution in [0.4, 0.5) is 5.69 Å². The molecular weight excluding hydrogens is 276 g/mol. The van der Waals surface area contributed by atoms with E-state index in [0.717, 1.165) is 11.3 Å². The number of sulfone groups is 1. The molecule has 2 aliphatic heterocycles. The van der Waals surface area contributed by atoms with Gasteiger partial charge in [0.15, 0.2) is 9.84 Å². The highest BCUT2D eigenvalue weighted by atomic mass is 32.2. The van der Waals surface area contributed by atoms with Gasteiger partial charge in [-0.05, 0) is 26.0 Å². The third-order valence-electron chi connectivity index (χ3n) is 4.04. The molecule has 0 aromatic heterocycles. The molecule has 108 valence electrons. The monoisotopic (exact) mass is 294 g/mol. The number of carbonyl (C=O) groups is 1. The standard InChI is InChI=1S/C14H18N2O3S/c1-9-3-5-11(6-4-9)16-13-8-20(18,19)7-12(13)15-10(2)14(16)17/h3-6,10,12-13,15H,7-8H2,1-2H3/t10-,12+,13-/m0/s1. The molecule has 0 bridgehead atoms. The van der Waals surface area contributed by atoms with Crippen molar-refractivity contribution in [1.82, 2.24) is 5.32 Å². The average molecular weight is 294 g/mol. The van der Waals surface area contributed by atoms with E-state index in [2.05, 4.69) is 5.32 Å². The number of aryl methyl sites for hydroxylation is 1. The van der Waals surface area contributed by atoms with Crippen LogP contribution in [0.25, 0.3) is 0 Å². The van der Waals surface area contributed by atoms with Crippen molar-refractivity contribution >= 4 is 21.4 Å². The highest BCUT2D eigenvalue weighted by molar-refractivity contribution is 7.91. The van der Waals surface area contributed by atoms with Crippen LogP contribution >= 0.6 is 0 Å². The third-order valence-corrected chi connectivity index (χ3v) is 5.75. The number of fused-ring (bicyclic) bond motifs is 1. The molecule has 2 fully saturated rings. The summed E-state index contributed by atoms with van der Waals surface area (Å²) in [5.41, 5.74) is 1.89. The van der Waals surface area contributed by atoms with Crippen LogP contribution < -0.4 is 10.2 Å². The second kappa shape index (κ2) is 4.56. The number of nitrogens with zero attached hydrogens (tertiary/aromatic N) is 1. The number of piperazine rings is 1. The maximum atomic E-state index is 12.4. The molecule has 5 nitrogen and oxygen atoms in total. The molecule has 20 heavy (non-hydrogen) atoms. The Hall–Kier alpha value is -1.40. The predicted molar refractivity (Wildman–Crippen MR) is 77.5 cm³/mol. The van der Waals surface area contributed by atoms with Crippen LogP contribution in [0.3, 0.4) is 0 Å². The largest absolute Gasteiger partial charge is 0.305 e. The zero-order chi connectivity index (χ0) is 14.5. The molecule has 2 heterocycles. The van der Waals surface area contributed by atoms with Gasteiger partial charge in [0.1, 0.15) is 0 Å². The summed E-state index contributed by atoms with van der Waals surface area (Å²) < 4.78 is 23.7. The molecule has 2 saturated heterocycles. The second-order valence-corrected chi connectivity index (χ2v) is 7.84. The topological polar surface area (TPSA) is 66.5 Å². The van der Waals surface area contributed by atoms with Crippen molar-refractivity contribution < 1.29 is 13.2 Å². The Morgan fingerprint density at radius 3 is 2.50 bits per heavy atom. The molecule has 1 aromatic rings. The van der Waals surface area contributed by atoms with Crippen LogP contribution in [0, 0.1) is 6.92 Å². The van der Waals surface area contributed by atoms with Gasteiger partial charge in [-0.15, -0.1) is 0 Å². The molecule has 1 amide bonds. The molecule has 0 aliphatic carbocycles. The Morgan fingerprint density at radius 2 is 1.85 bits per heavy atom. The summed E-state index contributed by atoms with van der Waals surface area (Å²) in [5, 5.41) is 3.12. The van der Waals surface area contributed by atoms with Gasteiger partial charge in [0, 0.05) is 11.7 Å². The molecule has 0 saturated carbocycles. The molecule has 3 rings (SSSR count). The predicted octanol–water partition coefficient (Wildman–Crippen LogP) is 0.485. The number of hydrogen-bond donors (Lipinski definition) is 1. The third kappa shape index (κ3) is 2.23. The normalized spacial score (nSPS) is 32.2. The number of carbonyl (C=O) groups excluding carboxylic acids is 1. The quantitative estimate of drug-likeness (QED) is 0.818. The molecule has 6 heteroatoms. The molecule has 1 N–H and O–H groups in total. The molecule has 1 aromatic carbocycles. The zero-order valence-corrected chi connectivity index (χ0v) is 12.4. The highest BCUT2D eigenvalue weighted by Gasteiger charge is 2.48. The van der Waals surface area contributed by atoms with E-state index in [1.165, 1.54) is 0 Å². The van der Waals surface area contributed by atoms with Gasteiger partial charge in [-0.2, -0.15) is 0 Å². The molecule has 3 atom stereocenters. The summed E-state index contributed by atoms with van der Waals surface area (Å²) in [6.07, 6.45) is 0. The number of hydrogen-bond acceptors (Lipinski definition) is 4. The Bertz CT molecular complexity index is 639. The van der Waals surface area contributed by atoms with Crippen molar-refractivity contribution in [1.29, 1.82) is 0 Å². The maximum absolute atomic E-state index is 12.4. The first kappa shape index (κ1) is 13.6. The Morgan fingerprint density at radius 1 is 1.20 bits per heavy atom. The van der Waals surface area contributed by atoms with Crippen LogP contribution in [0.1, 0.15) is 12.5 Å². The van der Waals surface area contributed by atoms with Gasteiger partial charge in [0.05, 0.1) is 23.6 Å². The number of benzene rings is 1. The summed E-state index contributed by atoms with van der Waals surface area (Å²) in [5.74, 6) is 0.0847. The van der Waals surface area contributed by atoms with E-state index < -0.39 is 9.84 Å². The minimum atomic E-state index is -3.08. The van der Waals surface area contributed by atoms with E-state index in [1.807, 2.05) is 31.2 Å². The van der Waals surface area contributed by atoms with Gasteiger partial charge in [-0.1, -0.05) is 17.7 Å². The number of amides is 1. The van der Waals surface area contributed by atoms with Crippen molar-refractivity contribution in [2.24, 2.45) is 0 Å². The Kier molecular flexibility index (Phi) is 3.10. The van der Waals surface area contributed by atoms with Crippen LogP contribution in [0.2, 0.25) is 0 Å². The Balaban J connectivity index is 2.01. The average Bonchev–Trinajstić information content (AvgIpc) is 2.66. The fourth-order valence-electron chi connectivity index (χ4n) is 3.03. The lowest BCUT2D eigenvalue weighted by Crippen LogP contribution is -2.64. The molecule has 2 aliphatic rings. The summed E-state index contributed by atoms with van der Waals surface area (Å²) in [4.78, 5) is 14.1. The van der Waals surface area contributed by atoms with Crippen LogP contribution in [0.5, 0.6) is 0 Å². The lowest BCUT2D eigenvalue weighted by molar-refractivity contribution is -0.122. The van der Waals surface area contributed by atoms with Gasteiger partial charge < -0.3 is 10.2 Å². The van der Waals surface area contributed by atoms with Crippen molar-refractivity contribution in [3.8, 4) is 0 Å². The molecule has 0 unspecified atom stereocenters. The first-order valence-corrected chi connectivity index (χ1v) is 8.56. The SMILES string of the molecule is Cc1ccc(N2C(=O)[C@H](C)N[C@@H]3CS(=O)(=O)C[C@@H]32)cc1. The summed E-state index contributed by atoms with van der Waals surface area (Å²) >= 11 is 0. The molecular formula is C14H18N2O3S. The van der Waals surface area contributed by atoms with Gasteiger partial charge in [0.25, 0.3) is 0 Å². The van der Waals surface area contributed by atoms with Crippen molar-refractivity contribution in [2.75, 3.05) is 16.4 Å². The van der Waals surface area contributed by atoms with Crippen molar-refractivity contribution in [3.63, 3.8) is 0 Å². The number of rotatable bonds is 1. The van der Waals surface area contributed by atoms with E-state index in [4.69, 9.17) is 0 Å². The van der Waals surface area contributed by atoms with Gasteiger partial charge in [0.2, 0.25) is 5.91 Å². The maximum Gasteiger partial charge on any atom is 0.244 e. The lowest BCUT2D eigenvalue weighted by Gasteiger charge is -2.40. The second-order valence-electron chi connectivity index (χ2n) is 5.68. The van der Waals surface area contributed by atoms with E-state index in [-0.39, 0.29) is 35.5 Å². The van der Waals surface area contributed by atoms with Gasteiger partial charge >= 0.3 is 0 Å². The van der Waals surface area contributed by atoms with Crippen molar-refractivity contribution in [2.45, 2.75) is 32.0 Å². The van der Waals surface area contributed by atoms with Crippen molar-refractivity contribution in [3.05, 3.63) is 29.8 Å². The van der Waals surface area contributed by atoms with E-state index in [0.29, 0.717) is 0 Å². The lowest BCUT2D eigenvalue weighted by atomic mass is 10.0. The van der Waals surface area contributed by atoms with Crippen LogP contribution in [-0.4, -0.2) is 44.0 Å². The minimum Gasteiger partial charge on any atom is -0.305 e. The smallest absolute Gasteiger partial charge is 0.244 e. The minimum absolute atomic E-state index is 0.0387. The number of anilines is 1. The van der Waals surface area contributed by atoms with Crippen LogP contribution in [0.15, 0.2) is 24.3 Å². The fraction of sp³-hybridized carbons (Fsp3) is 0.500. The summed E-state index contributed by atoms with van der Waals surface area (Å²) in [7, 11) is -3.08. The van der Waals surface area contributed by atoms with E-state index in [9.17, 15) is 13.2 Å². The summed E-state index contributed by atoms with van der Waals surface area (Å²) in [6, 6.07) is 6.81. The Labute approximate surface area is 118 Å². The van der Waals surface area contributed by atoms with E-state index >= 15 is 0 Å². The summed E-state index contributed by atoms with van der Waals surface area (Å²) in [6.45, 7) is 3.76. The molecule has 0 spiro atoms. The highest BCUT2D eigenvalue weighted by Crippen LogP contribution is 2.29. The number of nitrogens with one attached hydrogen (secondary N) is 1. The van der Waals surface area contributed by atoms with E-state index in [1.54, 1.807) is 11.8 Å².